The van der Waals surface area contributed by atoms with E-state index in [-0.39, 0.29) is 18.2 Å². The maximum atomic E-state index is 12.7. The number of hydrogen-bond acceptors (Lipinski definition) is 2. The van der Waals surface area contributed by atoms with Crippen LogP contribution in [-0.4, -0.2) is 23.1 Å². The van der Waals surface area contributed by atoms with E-state index in [9.17, 15) is 9.59 Å². The van der Waals surface area contributed by atoms with Crippen LogP contribution >= 0.6 is 0 Å². The normalized spacial score (nSPS) is 11.1. The molecule has 0 aliphatic heterocycles. The molecule has 1 amide bonds. The molecule has 0 aliphatic rings. The monoisotopic (exact) mass is 309 g/mol. The van der Waals surface area contributed by atoms with Crippen LogP contribution in [-0.2, 0) is 11.3 Å². The fourth-order valence-corrected chi connectivity index (χ4v) is 2.37. The summed E-state index contributed by atoms with van der Waals surface area (Å²) in [5.74, 6) is -0.0650. The molecule has 0 saturated heterocycles. The number of benzene rings is 2. The molecule has 0 radical (unpaired) electrons. The lowest BCUT2D eigenvalue weighted by atomic mass is 9.94. The molecule has 0 aromatic heterocycles. The van der Waals surface area contributed by atoms with E-state index >= 15 is 0 Å². The predicted octanol–water partition coefficient (Wildman–Crippen LogP) is 3.94. The fraction of sp³-hybridized carbons (Fsp3) is 0.300. The van der Waals surface area contributed by atoms with Crippen LogP contribution in [0.1, 0.15) is 36.7 Å². The van der Waals surface area contributed by atoms with Gasteiger partial charge in [-0.2, -0.15) is 0 Å². The van der Waals surface area contributed by atoms with Gasteiger partial charge in [0.2, 0.25) is 5.91 Å². The lowest BCUT2D eigenvalue weighted by Gasteiger charge is -2.29. The van der Waals surface area contributed by atoms with Gasteiger partial charge in [0, 0.05) is 17.5 Å². The lowest BCUT2D eigenvalue weighted by Crippen LogP contribution is -2.41. The molecule has 0 bridgehead atoms. The molecule has 120 valence electrons. The van der Waals surface area contributed by atoms with E-state index in [2.05, 4.69) is 0 Å². The highest BCUT2D eigenvalue weighted by Crippen LogP contribution is 2.20. The Morgan fingerprint density at radius 1 is 0.870 bits per heavy atom. The van der Waals surface area contributed by atoms with E-state index in [0.29, 0.717) is 12.1 Å². The Morgan fingerprint density at radius 2 is 1.39 bits per heavy atom. The average molecular weight is 309 g/mol. The summed E-state index contributed by atoms with van der Waals surface area (Å²) in [7, 11) is 0. The van der Waals surface area contributed by atoms with Crippen molar-refractivity contribution in [3.8, 4) is 0 Å². The van der Waals surface area contributed by atoms with Crippen molar-refractivity contribution in [1.82, 2.24) is 4.90 Å². The van der Waals surface area contributed by atoms with E-state index in [1.54, 1.807) is 17.0 Å². The molecule has 3 heteroatoms. The van der Waals surface area contributed by atoms with E-state index < -0.39 is 5.41 Å². The molecule has 2 aromatic rings. The minimum atomic E-state index is -0.522. The highest BCUT2D eigenvalue weighted by Gasteiger charge is 2.28. The van der Waals surface area contributed by atoms with Gasteiger partial charge in [-0.25, -0.2) is 0 Å². The largest absolute Gasteiger partial charge is 0.330 e. The average Bonchev–Trinajstić information content (AvgIpc) is 2.54. The summed E-state index contributed by atoms with van der Waals surface area (Å²) >= 11 is 0. The first-order valence-corrected chi connectivity index (χ1v) is 7.79. The minimum absolute atomic E-state index is 0.0226. The molecule has 0 saturated carbocycles. The molecule has 23 heavy (non-hydrogen) atoms. The van der Waals surface area contributed by atoms with Crippen molar-refractivity contribution in [2.45, 2.75) is 27.3 Å². The van der Waals surface area contributed by atoms with Gasteiger partial charge < -0.3 is 4.90 Å². The summed E-state index contributed by atoms with van der Waals surface area (Å²) in [6, 6.07) is 18.9. The Labute approximate surface area is 137 Å². The molecule has 0 aliphatic carbocycles. The van der Waals surface area contributed by atoms with Crippen LogP contribution in [0.5, 0.6) is 0 Å². The quantitative estimate of drug-likeness (QED) is 0.784. The van der Waals surface area contributed by atoms with Crippen molar-refractivity contribution < 1.29 is 9.59 Å². The van der Waals surface area contributed by atoms with Crippen LogP contribution in [0.15, 0.2) is 60.7 Å². The van der Waals surface area contributed by atoms with E-state index in [1.807, 2.05) is 69.3 Å². The van der Waals surface area contributed by atoms with E-state index in [4.69, 9.17) is 0 Å². The smallest absolute Gasteiger partial charge is 0.228 e. The topological polar surface area (TPSA) is 37.4 Å². The van der Waals surface area contributed by atoms with Crippen LogP contribution in [0, 0.1) is 5.41 Å². The van der Waals surface area contributed by atoms with Crippen molar-refractivity contribution >= 4 is 11.7 Å². The number of carbonyl (C=O) groups excluding carboxylic acids is 2. The SMILES string of the molecule is CC(C)(C)C(=O)N(CC(=O)c1ccccc1)Cc1ccccc1. The first-order chi connectivity index (χ1) is 10.9. The second-order valence-corrected chi connectivity index (χ2v) is 6.69. The molecule has 0 N–H and O–H groups in total. The van der Waals surface area contributed by atoms with Gasteiger partial charge >= 0.3 is 0 Å². The molecule has 0 heterocycles. The molecule has 0 unspecified atom stereocenters. The number of rotatable bonds is 5. The van der Waals surface area contributed by atoms with Gasteiger partial charge in [-0.05, 0) is 5.56 Å². The first-order valence-electron chi connectivity index (χ1n) is 7.79. The number of Topliss-reactive ketones (excluding diaryl/α,β-unsaturated/α-hetero) is 1. The second kappa shape index (κ2) is 7.23. The van der Waals surface area contributed by atoms with Gasteiger partial charge in [0.25, 0.3) is 0 Å². The zero-order chi connectivity index (χ0) is 16.9. The number of nitrogens with zero attached hydrogens (tertiary/aromatic N) is 1. The number of carbonyl (C=O) groups is 2. The van der Waals surface area contributed by atoms with Crippen molar-refractivity contribution in [3.63, 3.8) is 0 Å². The van der Waals surface area contributed by atoms with Crippen LogP contribution in [0.4, 0.5) is 0 Å². The third-order valence-electron chi connectivity index (χ3n) is 3.58. The number of hydrogen-bond donors (Lipinski definition) is 0. The summed E-state index contributed by atoms with van der Waals surface area (Å²) in [4.78, 5) is 26.8. The summed E-state index contributed by atoms with van der Waals surface area (Å²) in [6.07, 6.45) is 0. The van der Waals surface area contributed by atoms with Crippen LogP contribution in [0.2, 0.25) is 0 Å². The third kappa shape index (κ3) is 4.78. The van der Waals surface area contributed by atoms with Crippen LogP contribution in [0.25, 0.3) is 0 Å². The van der Waals surface area contributed by atoms with Crippen molar-refractivity contribution in [2.75, 3.05) is 6.54 Å². The Kier molecular flexibility index (Phi) is 5.32. The highest BCUT2D eigenvalue weighted by atomic mass is 16.2. The third-order valence-corrected chi connectivity index (χ3v) is 3.58. The van der Waals surface area contributed by atoms with Gasteiger partial charge in [-0.15, -0.1) is 0 Å². The maximum Gasteiger partial charge on any atom is 0.228 e. The maximum absolute atomic E-state index is 12.7. The fourth-order valence-electron chi connectivity index (χ4n) is 2.37. The van der Waals surface area contributed by atoms with Gasteiger partial charge in [0.1, 0.15) is 0 Å². The zero-order valence-corrected chi connectivity index (χ0v) is 14.0. The van der Waals surface area contributed by atoms with Gasteiger partial charge in [-0.1, -0.05) is 81.4 Å². The lowest BCUT2D eigenvalue weighted by molar-refractivity contribution is -0.139. The number of amides is 1. The summed E-state index contributed by atoms with van der Waals surface area (Å²) < 4.78 is 0. The molecular weight excluding hydrogens is 286 g/mol. The molecule has 0 spiro atoms. The van der Waals surface area contributed by atoms with Crippen molar-refractivity contribution in [3.05, 3.63) is 71.8 Å². The predicted molar refractivity (Wildman–Crippen MR) is 92.1 cm³/mol. The molecule has 0 atom stereocenters. The van der Waals surface area contributed by atoms with Crippen LogP contribution < -0.4 is 0 Å². The van der Waals surface area contributed by atoms with Crippen LogP contribution in [0.3, 0.4) is 0 Å². The Balaban J connectivity index is 2.20. The molecule has 2 rings (SSSR count). The molecule has 3 nitrogen and oxygen atoms in total. The Morgan fingerprint density at radius 3 is 1.91 bits per heavy atom. The van der Waals surface area contributed by atoms with Gasteiger partial charge in [-0.3, -0.25) is 9.59 Å². The molecule has 0 fully saturated rings. The van der Waals surface area contributed by atoms with E-state index in [1.165, 1.54) is 0 Å². The molecular formula is C20H23NO2. The Bertz CT molecular complexity index is 657. The molecule has 2 aromatic carbocycles. The number of ketones is 1. The van der Waals surface area contributed by atoms with Gasteiger partial charge in [0.15, 0.2) is 5.78 Å². The van der Waals surface area contributed by atoms with E-state index in [0.717, 1.165) is 5.56 Å². The Hall–Kier alpha value is -2.42. The standard InChI is InChI=1S/C20H23NO2/c1-20(2,3)19(23)21(14-16-10-6-4-7-11-16)15-18(22)17-12-8-5-9-13-17/h4-13H,14-15H2,1-3H3. The summed E-state index contributed by atoms with van der Waals surface area (Å²) in [6.45, 7) is 6.16. The first kappa shape index (κ1) is 16.9. The second-order valence-electron chi connectivity index (χ2n) is 6.69. The summed E-state index contributed by atoms with van der Waals surface area (Å²) in [5, 5.41) is 0. The zero-order valence-electron chi connectivity index (χ0n) is 14.0. The highest BCUT2D eigenvalue weighted by molar-refractivity contribution is 5.99. The van der Waals surface area contributed by atoms with Crippen molar-refractivity contribution in [1.29, 1.82) is 0 Å². The summed E-state index contributed by atoms with van der Waals surface area (Å²) in [5.41, 5.74) is 1.13. The van der Waals surface area contributed by atoms with Crippen molar-refractivity contribution in [2.24, 2.45) is 5.41 Å². The minimum Gasteiger partial charge on any atom is -0.330 e. The van der Waals surface area contributed by atoms with Gasteiger partial charge in [0.05, 0.1) is 6.54 Å².